The van der Waals surface area contributed by atoms with Crippen molar-refractivity contribution < 1.29 is 24.2 Å². The Bertz CT molecular complexity index is 1240. The number of nitrogens with zero attached hydrogens (tertiary/aromatic N) is 3. The van der Waals surface area contributed by atoms with E-state index < -0.39 is 11.6 Å². The van der Waals surface area contributed by atoms with Gasteiger partial charge in [0, 0.05) is 32.4 Å². The number of hydrogen-bond donors (Lipinski definition) is 2. The standard InChI is InChI=1S/C27H32N4O5/c1-18-15-19(5-10-24(18)36-27(2,3)26(33)34)17-28-25(32)22-16-23(30(4)29-22)20-6-8-21(9-7-20)31-11-13-35-14-12-31/h5-10,15-16H,11-14,17H2,1-4H3,(H,28,32)(H,33,34). The van der Waals surface area contributed by atoms with Crippen molar-refractivity contribution in [3.05, 3.63) is 65.4 Å². The van der Waals surface area contributed by atoms with E-state index in [1.807, 2.05) is 32.2 Å². The predicted octanol–water partition coefficient (Wildman–Crippen LogP) is 3.40. The molecule has 36 heavy (non-hydrogen) atoms. The highest BCUT2D eigenvalue weighted by molar-refractivity contribution is 5.93. The number of amides is 1. The van der Waals surface area contributed by atoms with Gasteiger partial charge in [0.1, 0.15) is 5.75 Å². The van der Waals surface area contributed by atoms with Gasteiger partial charge in [-0.15, -0.1) is 0 Å². The van der Waals surface area contributed by atoms with Crippen LogP contribution in [-0.4, -0.2) is 58.7 Å². The Morgan fingerprint density at radius 1 is 1.11 bits per heavy atom. The number of benzene rings is 2. The largest absolute Gasteiger partial charge is 0.478 e. The van der Waals surface area contributed by atoms with Crippen LogP contribution in [0.5, 0.6) is 5.75 Å². The number of rotatable bonds is 8. The summed E-state index contributed by atoms with van der Waals surface area (Å²) in [5, 5.41) is 16.6. The van der Waals surface area contributed by atoms with Gasteiger partial charge in [-0.2, -0.15) is 5.10 Å². The summed E-state index contributed by atoms with van der Waals surface area (Å²) in [6, 6.07) is 15.4. The molecule has 2 N–H and O–H groups in total. The Morgan fingerprint density at radius 3 is 2.44 bits per heavy atom. The van der Waals surface area contributed by atoms with Gasteiger partial charge in [0.05, 0.1) is 18.9 Å². The first-order valence-electron chi connectivity index (χ1n) is 11.9. The highest BCUT2D eigenvalue weighted by atomic mass is 16.5. The smallest absolute Gasteiger partial charge is 0.347 e. The first-order valence-corrected chi connectivity index (χ1v) is 11.9. The SMILES string of the molecule is Cc1cc(CNC(=O)c2cc(-c3ccc(N4CCOCC4)cc3)n(C)n2)ccc1OC(C)(C)C(=O)O. The molecule has 190 valence electrons. The molecule has 0 atom stereocenters. The molecule has 2 heterocycles. The number of carbonyl (C=O) groups is 2. The lowest BCUT2D eigenvalue weighted by Gasteiger charge is -2.28. The van der Waals surface area contributed by atoms with Gasteiger partial charge in [-0.1, -0.05) is 24.3 Å². The van der Waals surface area contributed by atoms with Crippen molar-refractivity contribution in [1.82, 2.24) is 15.1 Å². The fraction of sp³-hybridized carbons (Fsp3) is 0.370. The summed E-state index contributed by atoms with van der Waals surface area (Å²) in [6.45, 7) is 8.39. The number of aromatic nitrogens is 2. The minimum atomic E-state index is -1.33. The van der Waals surface area contributed by atoms with Gasteiger partial charge in [0.25, 0.3) is 5.91 Å². The Morgan fingerprint density at radius 2 is 1.81 bits per heavy atom. The Labute approximate surface area is 210 Å². The Hall–Kier alpha value is -3.85. The van der Waals surface area contributed by atoms with Gasteiger partial charge in [-0.25, -0.2) is 4.79 Å². The van der Waals surface area contributed by atoms with Crippen LogP contribution in [0.25, 0.3) is 11.3 Å². The zero-order valence-electron chi connectivity index (χ0n) is 21.1. The number of anilines is 1. The van der Waals surface area contributed by atoms with Gasteiger partial charge in [0.15, 0.2) is 11.3 Å². The molecule has 0 saturated carbocycles. The maximum Gasteiger partial charge on any atom is 0.347 e. The van der Waals surface area contributed by atoms with Crippen LogP contribution in [0, 0.1) is 6.92 Å². The van der Waals surface area contributed by atoms with Crippen molar-refractivity contribution in [3.63, 3.8) is 0 Å². The molecule has 9 heteroatoms. The Balaban J connectivity index is 1.39. The number of carbonyl (C=O) groups excluding carboxylic acids is 1. The predicted molar refractivity (Wildman–Crippen MR) is 136 cm³/mol. The summed E-state index contributed by atoms with van der Waals surface area (Å²) >= 11 is 0. The molecule has 3 aromatic rings. The van der Waals surface area contributed by atoms with Crippen LogP contribution >= 0.6 is 0 Å². The lowest BCUT2D eigenvalue weighted by Crippen LogP contribution is -2.38. The molecular weight excluding hydrogens is 460 g/mol. The molecule has 1 aromatic heterocycles. The van der Waals surface area contributed by atoms with Crippen LogP contribution in [0.3, 0.4) is 0 Å². The summed E-state index contributed by atoms with van der Waals surface area (Å²) in [5.74, 6) is -0.820. The van der Waals surface area contributed by atoms with Gasteiger partial charge in [-0.05, 0) is 61.7 Å². The second kappa shape index (κ2) is 10.4. The minimum Gasteiger partial charge on any atom is -0.478 e. The van der Waals surface area contributed by atoms with Gasteiger partial charge in [-0.3, -0.25) is 9.48 Å². The molecule has 0 spiro atoms. The number of carboxylic acids is 1. The maximum atomic E-state index is 12.8. The van der Waals surface area contributed by atoms with Crippen LogP contribution in [0.15, 0.2) is 48.5 Å². The molecule has 2 aromatic carbocycles. The third-order valence-electron chi connectivity index (χ3n) is 6.22. The van der Waals surface area contributed by atoms with Crippen LogP contribution in [0.1, 0.15) is 35.5 Å². The quantitative estimate of drug-likeness (QED) is 0.496. The molecule has 9 nitrogen and oxygen atoms in total. The van der Waals surface area contributed by atoms with Gasteiger partial charge < -0.3 is 24.8 Å². The summed E-state index contributed by atoms with van der Waals surface area (Å²) < 4.78 is 12.8. The van der Waals surface area contributed by atoms with E-state index in [4.69, 9.17) is 9.47 Å². The van der Waals surface area contributed by atoms with Crippen molar-refractivity contribution in [2.75, 3.05) is 31.2 Å². The topological polar surface area (TPSA) is 106 Å². The highest BCUT2D eigenvalue weighted by Crippen LogP contribution is 2.26. The van der Waals surface area contributed by atoms with Crippen molar-refractivity contribution in [2.24, 2.45) is 7.05 Å². The summed E-state index contributed by atoms with van der Waals surface area (Å²) in [5.41, 5.74) is 3.65. The molecule has 1 amide bonds. The first kappa shape index (κ1) is 25.2. The van der Waals surface area contributed by atoms with E-state index in [1.54, 1.807) is 22.9 Å². The molecule has 1 aliphatic rings. The number of hydrogen-bond acceptors (Lipinski definition) is 6. The lowest BCUT2D eigenvalue weighted by molar-refractivity contribution is -0.152. The molecule has 0 aliphatic carbocycles. The van der Waals surface area contributed by atoms with Crippen LogP contribution in [0.4, 0.5) is 5.69 Å². The third-order valence-corrected chi connectivity index (χ3v) is 6.22. The zero-order chi connectivity index (χ0) is 25.9. The van der Waals surface area contributed by atoms with Crippen LogP contribution < -0.4 is 15.0 Å². The molecule has 0 radical (unpaired) electrons. The summed E-state index contributed by atoms with van der Waals surface area (Å²) in [4.78, 5) is 26.4. The number of aryl methyl sites for hydroxylation is 2. The second-order valence-corrected chi connectivity index (χ2v) is 9.38. The van der Waals surface area contributed by atoms with E-state index in [2.05, 4.69) is 27.4 Å². The van der Waals surface area contributed by atoms with Crippen LogP contribution in [-0.2, 0) is 23.1 Å². The van der Waals surface area contributed by atoms with Gasteiger partial charge in [0.2, 0.25) is 0 Å². The summed E-state index contributed by atoms with van der Waals surface area (Å²) in [6.07, 6.45) is 0. The fourth-order valence-corrected chi connectivity index (χ4v) is 4.04. The number of aliphatic carboxylic acids is 1. The van der Waals surface area contributed by atoms with E-state index in [1.165, 1.54) is 13.8 Å². The molecule has 1 saturated heterocycles. The van der Waals surface area contributed by atoms with E-state index in [-0.39, 0.29) is 5.91 Å². The van der Waals surface area contributed by atoms with E-state index >= 15 is 0 Å². The number of ether oxygens (including phenoxy) is 2. The number of carboxylic acid groups (broad SMARTS) is 1. The molecular formula is C27H32N4O5. The molecule has 1 aliphatic heterocycles. The normalized spacial score (nSPS) is 13.9. The van der Waals surface area contributed by atoms with E-state index in [9.17, 15) is 14.7 Å². The second-order valence-electron chi connectivity index (χ2n) is 9.38. The fourth-order valence-electron chi connectivity index (χ4n) is 4.04. The summed E-state index contributed by atoms with van der Waals surface area (Å²) in [7, 11) is 1.82. The molecule has 0 unspecified atom stereocenters. The molecule has 4 rings (SSSR count). The van der Waals surface area contributed by atoms with Crippen molar-refractivity contribution >= 4 is 17.6 Å². The van der Waals surface area contributed by atoms with Crippen LogP contribution in [0.2, 0.25) is 0 Å². The van der Waals surface area contributed by atoms with Crippen molar-refractivity contribution in [2.45, 2.75) is 32.9 Å². The number of nitrogens with one attached hydrogen (secondary N) is 1. The highest BCUT2D eigenvalue weighted by Gasteiger charge is 2.29. The monoisotopic (exact) mass is 492 g/mol. The zero-order valence-corrected chi connectivity index (χ0v) is 21.1. The Kier molecular flexibility index (Phi) is 7.30. The molecule has 0 bridgehead atoms. The van der Waals surface area contributed by atoms with E-state index in [0.29, 0.717) is 18.0 Å². The average molecular weight is 493 g/mol. The maximum absolute atomic E-state index is 12.8. The van der Waals surface area contributed by atoms with Crippen molar-refractivity contribution in [3.8, 4) is 17.0 Å². The first-order chi connectivity index (χ1) is 17.1. The average Bonchev–Trinajstić information content (AvgIpc) is 3.26. The minimum absolute atomic E-state index is 0.272. The van der Waals surface area contributed by atoms with Gasteiger partial charge >= 0.3 is 5.97 Å². The number of morpholine rings is 1. The van der Waals surface area contributed by atoms with E-state index in [0.717, 1.165) is 54.4 Å². The lowest BCUT2D eigenvalue weighted by atomic mass is 10.1. The third kappa shape index (κ3) is 5.68. The van der Waals surface area contributed by atoms with Crippen molar-refractivity contribution in [1.29, 1.82) is 0 Å². The molecule has 1 fully saturated rings.